The molecule has 2 aliphatic rings. The van der Waals surface area contributed by atoms with Gasteiger partial charge in [0, 0.05) is 18.9 Å². The average Bonchev–Trinajstić information content (AvgIpc) is 3.26. The highest BCUT2D eigenvalue weighted by molar-refractivity contribution is 6.00. The summed E-state index contributed by atoms with van der Waals surface area (Å²) in [4.78, 5) is 12.5. The van der Waals surface area contributed by atoms with Gasteiger partial charge in [-0.15, -0.1) is 0 Å². The van der Waals surface area contributed by atoms with Crippen LogP contribution in [0, 0.1) is 0 Å². The van der Waals surface area contributed by atoms with Crippen LogP contribution in [0.2, 0.25) is 0 Å². The van der Waals surface area contributed by atoms with Gasteiger partial charge in [-0.3, -0.25) is 0 Å². The number of hydrogen-bond acceptors (Lipinski definition) is 7. The molecular formula is C18H19NO6. The predicted octanol–water partition coefficient (Wildman–Crippen LogP) is 2.30. The van der Waals surface area contributed by atoms with E-state index in [4.69, 9.17) is 9.47 Å². The standard InChI is InChI=1S/C18H19NO6/c1-10-6-16-15(25-16)5-3-2-4-12(19-23)7-11-8-13(20)9-14(21)17(11)18(22)24-10/h2-5,8-10,15-16,20-21,23H,6-7H2,1H3/b4-2+,5-3+,19-12?/t10-,15+,16-/m1/s1. The zero-order chi connectivity index (χ0) is 18.0. The molecule has 3 N–H and O–H groups in total. The van der Waals surface area contributed by atoms with E-state index in [2.05, 4.69) is 5.16 Å². The number of carbonyl (C=O) groups is 1. The van der Waals surface area contributed by atoms with E-state index in [1.807, 2.05) is 6.08 Å². The van der Waals surface area contributed by atoms with Crippen LogP contribution in [0.3, 0.4) is 0 Å². The number of esters is 1. The third-order valence-corrected chi connectivity index (χ3v) is 4.08. The first-order valence-corrected chi connectivity index (χ1v) is 7.95. The summed E-state index contributed by atoms with van der Waals surface area (Å²) in [5.41, 5.74) is 0.496. The number of allylic oxidation sites excluding steroid dienone is 3. The number of phenolic OH excluding ortho intramolecular Hbond substituents is 2. The molecule has 1 aromatic rings. The van der Waals surface area contributed by atoms with E-state index in [0.717, 1.165) is 6.07 Å². The second-order valence-electron chi connectivity index (χ2n) is 6.10. The Morgan fingerprint density at radius 2 is 2.04 bits per heavy atom. The van der Waals surface area contributed by atoms with Gasteiger partial charge in [0.15, 0.2) is 0 Å². The predicted molar refractivity (Wildman–Crippen MR) is 89.1 cm³/mol. The van der Waals surface area contributed by atoms with Crippen molar-refractivity contribution in [3.8, 4) is 11.5 Å². The van der Waals surface area contributed by atoms with Crippen molar-refractivity contribution in [2.45, 2.75) is 38.1 Å². The van der Waals surface area contributed by atoms with Gasteiger partial charge in [0.05, 0.1) is 11.8 Å². The summed E-state index contributed by atoms with van der Waals surface area (Å²) < 4.78 is 10.9. The molecule has 3 rings (SSSR count). The SMILES string of the molecule is C[C@@H]1C[C@H]2O[C@H]2/C=C/C=C/C(=NO)Cc2cc(O)cc(O)c2C(=O)O1. The first-order valence-electron chi connectivity index (χ1n) is 7.95. The van der Waals surface area contributed by atoms with Gasteiger partial charge in [-0.25, -0.2) is 4.79 Å². The van der Waals surface area contributed by atoms with E-state index in [0.29, 0.717) is 12.0 Å². The maximum absolute atomic E-state index is 12.5. The lowest BCUT2D eigenvalue weighted by molar-refractivity contribution is 0.0306. The number of nitrogens with zero attached hydrogens (tertiary/aromatic N) is 1. The van der Waals surface area contributed by atoms with E-state index in [1.165, 1.54) is 6.07 Å². The van der Waals surface area contributed by atoms with Crippen molar-refractivity contribution in [1.82, 2.24) is 0 Å². The number of epoxide rings is 1. The molecule has 7 nitrogen and oxygen atoms in total. The molecular weight excluding hydrogens is 326 g/mol. The number of hydrogen-bond donors (Lipinski definition) is 3. The molecule has 0 unspecified atom stereocenters. The fraction of sp³-hybridized carbons (Fsp3) is 0.333. The fourth-order valence-corrected chi connectivity index (χ4v) is 2.84. The minimum Gasteiger partial charge on any atom is -0.508 e. The number of phenols is 2. The molecule has 0 amide bonds. The smallest absolute Gasteiger partial charge is 0.342 e. The summed E-state index contributed by atoms with van der Waals surface area (Å²) in [5.74, 6) is -1.29. The number of ether oxygens (including phenoxy) is 2. The summed E-state index contributed by atoms with van der Waals surface area (Å²) in [7, 11) is 0. The lowest BCUT2D eigenvalue weighted by Crippen LogP contribution is -2.19. The fourth-order valence-electron chi connectivity index (χ4n) is 2.84. The van der Waals surface area contributed by atoms with Gasteiger partial charge in [0.2, 0.25) is 0 Å². The molecule has 3 atom stereocenters. The molecule has 25 heavy (non-hydrogen) atoms. The van der Waals surface area contributed by atoms with Gasteiger partial charge >= 0.3 is 5.97 Å². The maximum Gasteiger partial charge on any atom is 0.342 e. The van der Waals surface area contributed by atoms with Gasteiger partial charge in [-0.1, -0.05) is 23.4 Å². The normalized spacial score (nSPS) is 30.5. The van der Waals surface area contributed by atoms with Crippen molar-refractivity contribution < 1.29 is 29.7 Å². The number of oxime groups is 1. The van der Waals surface area contributed by atoms with Crippen LogP contribution in [0.4, 0.5) is 0 Å². The number of aromatic hydroxyl groups is 2. The molecule has 1 saturated heterocycles. The van der Waals surface area contributed by atoms with Crippen LogP contribution in [0.5, 0.6) is 11.5 Å². The quantitative estimate of drug-likeness (QED) is 0.288. The Morgan fingerprint density at radius 1 is 1.24 bits per heavy atom. The van der Waals surface area contributed by atoms with Gasteiger partial charge < -0.3 is 24.9 Å². The van der Waals surface area contributed by atoms with E-state index < -0.39 is 12.1 Å². The highest BCUT2D eigenvalue weighted by Gasteiger charge is 2.38. The zero-order valence-electron chi connectivity index (χ0n) is 13.6. The van der Waals surface area contributed by atoms with Crippen LogP contribution in [-0.4, -0.2) is 45.4 Å². The lowest BCUT2D eigenvalue weighted by Gasteiger charge is -2.16. The Morgan fingerprint density at radius 3 is 2.80 bits per heavy atom. The minimum atomic E-state index is -0.703. The molecule has 2 heterocycles. The lowest BCUT2D eigenvalue weighted by atomic mass is 9.99. The Balaban J connectivity index is 1.99. The molecule has 1 fully saturated rings. The van der Waals surface area contributed by atoms with E-state index >= 15 is 0 Å². The molecule has 132 valence electrons. The molecule has 0 bridgehead atoms. The molecule has 0 saturated carbocycles. The van der Waals surface area contributed by atoms with E-state index in [1.54, 1.807) is 25.2 Å². The number of carbonyl (C=O) groups excluding carboxylic acids is 1. The van der Waals surface area contributed by atoms with Crippen LogP contribution in [0.15, 0.2) is 41.6 Å². The van der Waals surface area contributed by atoms with Gasteiger partial charge in [-0.05, 0) is 24.6 Å². The van der Waals surface area contributed by atoms with Gasteiger partial charge in [-0.2, -0.15) is 0 Å². The van der Waals surface area contributed by atoms with Gasteiger partial charge in [0.1, 0.15) is 29.3 Å². The maximum atomic E-state index is 12.5. The molecule has 1 aromatic carbocycles. The van der Waals surface area contributed by atoms with Crippen molar-refractivity contribution in [1.29, 1.82) is 0 Å². The first kappa shape index (κ1) is 17.0. The van der Waals surface area contributed by atoms with Crippen molar-refractivity contribution >= 4 is 11.7 Å². The number of fused-ring (bicyclic) bond motifs is 2. The summed E-state index contributed by atoms with van der Waals surface area (Å²) >= 11 is 0. The topological polar surface area (TPSA) is 112 Å². The van der Waals surface area contributed by atoms with Gasteiger partial charge in [0.25, 0.3) is 0 Å². The van der Waals surface area contributed by atoms with Crippen LogP contribution in [0.25, 0.3) is 0 Å². The molecule has 0 aromatic heterocycles. The molecule has 0 aliphatic carbocycles. The van der Waals surface area contributed by atoms with E-state index in [9.17, 15) is 20.2 Å². The average molecular weight is 345 g/mol. The second kappa shape index (κ2) is 6.98. The highest BCUT2D eigenvalue weighted by Crippen LogP contribution is 2.31. The van der Waals surface area contributed by atoms with Crippen molar-refractivity contribution in [2.24, 2.45) is 5.16 Å². The highest BCUT2D eigenvalue weighted by atomic mass is 16.6. The number of cyclic esters (lactones) is 1. The van der Waals surface area contributed by atoms with E-state index in [-0.39, 0.29) is 41.4 Å². The molecule has 7 heteroatoms. The summed E-state index contributed by atoms with van der Waals surface area (Å²) in [6.07, 6.45) is 7.06. The summed E-state index contributed by atoms with van der Waals surface area (Å²) in [5, 5.41) is 32.2. The van der Waals surface area contributed by atoms with Crippen LogP contribution < -0.4 is 0 Å². The second-order valence-corrected chi connectivity index (χ2v) is 6.10. The Bertz CT molecular complexity index is 767. The first-order chi connectivity index (χ1) is 12.0. The largest absolute Gasteiger partial charge is 0.508 e. The van der Waals surface area contributed by atoms with Crippen molar-refractivity contribution in [3.05, 3.63) is 47.6 Å². The third kappa shape index (κ3) is 4.00. The van der Waals surface area contributed by atoms with Crippen LogP contribution in [-0.2, 0) is 15.9 Å². The Hall–Kier alpha value is -2.80. The Labute approximate surface area is 144 Å². The molecule has 0 radical (unpaired) electrons. The van der Waals surface area contributed by atoms with Crippen molar-refractivity contribution in [2.75, 3.05) is 0 Å². The van der Waals surface area contributed by atoms with Crippen LogP contribution in [0.1, 0.15) is 29.3 Å². The monoisotopic (exact) mass is 345 g/mol. The number of rotatable bonds is 0. The Kier molecular flexibility index (Phi) is 4.76. The minimum absolute atomic E-state index is 0.0192. The number of benzene rings is 1. The third-order valence-electron chi connectivity index (χ3n) is 4.08. The zero-order valence-corrected chi connectivity index (χ0v) is 13.6. The molecule has 0 spiro atoms. The van der Waals surface area contributed by atoms with Crippen LogP contribution >= 0.6 is 0 Å². The summed E-state index contributed by atoms with van der Waals surface area (Å²) in [6.45, 7) is 1.75. The van der Waals surface area contributed by atoms with Crippen molar-refractivity contribution in [3.63, 3.8) is 0 Å². The molecule has 2 aliphatic heterocycles. The summed E-state index contributed by atoms with van der Waals surface area (Å²) in [6, 6.07) is 2.41.